The monoisotopic (exact) mass is 319 g/mol. The number of para-hydroxylation sites is 1. The summed E-state index contributed by atoms with van der Waals surface area (Å²) in [5.74, 6) is 1.08. The first-order chi connectivity index (χ1) is 10.6. The average Bonchev–Trinajstić information content (AvgIpc) is 2.53. The maximum atomic E-state index is 11.7. The molecule has 0 saturated carbocycles. The predicted molar refractivity (Wildman–Crippen MR) is 86.6 cm³/mol. The topological polar surface area (TPSA) is 47.6 Å². The Morgan fingerprint density at radius 3 is 2.68 bits per heavy atom. The Bertz CT molecular complexity index is 617. The Morgan fingerprint density at radius 2 is 1.91 bits per heavy atom. The first-order valence-corrected chi connectivity index (χ1v) is 7.36. The van der Waals surface area contributed by atoms with Gasteiger partial charge in [0.05, 0.1) is 11.6 Å². The third-order valence-electron chi connectivity index (χ3n) is 2.88. The molecule has 0 aliphatic rings. The van der Waals surface area contributed by atoms with Crippen LogP contribution in [0.5, 0.6) is 11.5 Å². The molecule has 2 rings (SSSR count). The predicted octanol–water partition coefficient (Wildman–Crippen LogP) is 3.22. The van der Waals surface area contributed by atoms with Gasteiger partial charge in [-0.15, -0.1) is 0 Å². The summed E-state index contributed by atoms with van der Waals surface area (Å²) >= 11 is 6.00. The van der Waals surface area contributed by atoms with Crippen LogP contribution in [0, 0.1) is 6.92 Å². The molecule has 0 spiro atoms. The average molecular weight is 320 g/mol. The van der Waals surface area contributed by atoms with Crippen LogP contribution in [0.4, 0.5) is 0 Å². The van der Waals surface area contributed by atoms with Gasteiger partial charge in [-0.2, -0.15) is 0 Å². The Balaban J connectivity index is 1.67. The molecule has 22 heavy (non-hydrogen) atoms. The Labute approximate surface area is 135 Å². The summed E-state index contributed by atoms with van der Waals surface area (Å²) in [6, 6.07) is 14.9. The number of nitrogens with one attached hydrogen (secondary N) is 1. The number of hydrogen-bond donors (Lipinski definition) is 1. The van der Waals surface area contributed by atoms with Gasteiger partial charge in [0, 0.05) is 0 Å². The van der Waals surface area contributed by atoms with Gasteiger partial charge in [0.2, 0.25) is 0 Å². The first kappa shape index (κ1) is 16.2. The SMILES string of the molecule is Cc1ccc(Cl)c(OCC(=O)NCCOc2ccccc2)c1. The fourth-order valence-electron chi connectivity index (χ4n) is 1.79. The maximum Gasteiger partial charge on any atom is 0.258 e. The van der Waals surface area contributed by atoms with E-state index < -0.39 is 0 Å². The van der Waals surface area contributed by atoms with Crippen molar-refractivity contribution < 1.29 is 14.3 Å². The van der Waals surface area contributed by atoms with Crippen LogP contribution in [0.25, 0.3) is 0 Å². The van der Waals surface area contributed by atoms with Crippen molar-refractivity contribution in [2.24, 2.45) is 0 Å². The van der Waals surface area contributed by atoms with E-state index in [4.69, 9.17) is 21.1 Å². The van der Waals surface area contributed by atoms with Gasteiger partial charge in [-0.25, -0.2) is 0 Å². The maximum absolute atomic E-state index is 11.7. The van der Waals surface area contributed by atoms with Crippen molar-refractivity contribution in [2.75, 3.05) is 19.8 Å². The quantitative estimate of drug-likeness (QED) is 0.797. The molecule has 0 bridgehead atoms. The summed E-state index contributed by atoms with van der Waals surface area (Å²) in [6.45, 7) is 2.68. The van der Waals surface area contributed by atoms with Gasteiger partial charge in [0.1, 0.15) is 18.1 Å². The van der Waals surface area contributed by atoms with Crippen LogP contribution in [0.15, 0.2) is 48.5 Å². The van der Waals surface area contributed by atoms with Crippen molar-refractivity contribution in [3.05, 3.63) is 59.1 Å². The smallest absolute Gasteiger partial charge is 0.258 e. The third-order valence-corrected chi connectivity index (χ3v) is 3.19. The molecule has 0 radical (unpaired) electrons. The van der Waals surface area contributed by atoms with Crippen molar-refractivity contribution in [1.29, 1.82) is 0 Å². The zero-order chi connectivity index (χ0) is 15.8. The largest absolute Gasteiger partial charge is 0.492 e. The lowest BCUT2D eigenvalue weighted by molar-refractivity contribution is -0.123. The molecule has 0 aromatic heterocycles. The zero-order valence-corrected chi connectivity index (χ0v) is 13.1. The minimum absolute atomic E-state index is 0.0749. The normalized spacial score (nSPS) is 10.1. The molecule has 1 N–H and O–H groups in total. The highest BCUT2D eigenvalue weighted by Crippen LogP contribution is 2.24. The second kappa shape index (κ2) is 8.29. The molecular weight excluding hydrogens is 302 g/mol. The molecule has 0 heterocycles. The number of halogens is 1. The van der Waals surface area contributed by atoms with E-state index in [1.165, 1.54) is 0 Å². The molecule has 0 atom stereocenters. The molecule has 0 saturated heterocycles. The highest BCUT2D eigenvalue weighted by molar-refractivity contribution is 6.32. The van der Waals surface area contributed by atoms with E-state index in [9.17, 15) is 4.79 Å². The fourth-order valence-corrected chi connectivity index (χ4v) is 1.96. The van der Waals surface area contributed by atoms with Crippen molar-refractivity contribution in [1.82, 2.24) is 5.32 Å². The molecule has 116 valence electrons. The number of hydrogen-bond acceptors (Lipinski definition) is 3. The minimum atomic E-state index is -0.214. The summed E-state index contributed by atoms with van der Waals surface area (Å²) in [6.07, 6.45) is 0. The molecule has 2 aromatic carbocycles. The van der Waals surface area contributed by atoms with Gasteiger partial charge in [0.25, 0.3) is 5.91 Å². The second-order valence-electron chi connectivity index (χ2n) is 4.73. The third kappa shape index (κ3) is 5.30. The van der Waals surface area contributed by atoms with E-state index >= 15 is 0 Å². The number of carbonyl (C=O) groups excluding carboxylic acids is 1. The molecule has 0 fully saturated rings. The molecule has 5 heteroatoms. The molecule has 1 amide bonds. The van der Waals surface area contributed by atoms with Crippen LogP contribution in [0.3, 0.4) is 0 Å². The highest BCUT2D eigenvalue weighted by Gasteiger charge is 2.06. The van der Waals surface area contributed by atoms with Gasteiger partial charge in [0.15, 0.2) is 6.61 Å². The fraction of sp³-hybridized carbons (Fsp3) is 0.235. The van der Waals surface area contributed by atoms with Crippen molar-refractivity contribution >= 4 is 17.5 Å². The van der Waals surface area contributed by atoms with Crippen LogP contribution < -0.4 is 14.8 Å². The molecule has 0 aliphatic carbocycles. The van der Waals surface area contributed by atoms with Crippen LogP contribution in [0.2, 0.25) is 5.02 Å². The summed E-state index contributed by atoms with van der Waals surface area (Å²) in [4.78, 5) is 11.7. The summed E-state index contributed by atoms with van der Waals surface area (Å²) in [7, 11) is 0. The number of benzene rings is 2. The number of rotatable bonds is 7. The molecule has 4 nitrogen and oxygen atoms in total. The van der Waals surface area contributed by atoms with Crippen LogP contribution in [-0.2, 0) is 4.79 Å². The van der Waals surface area contributed by atoms with Crippen molar-refractivity contribution in [3.8, 4) is 11.5 Å². The van der Waals surface area contributed by atoms with Crippen molar-refractivity contribution in [3.63, 3.8) is 0 Å². The van der Waals surface area contributed by atoms with E-state index in [0.717, 1.165) is 11.3 Å². The van der Waals surface area contributed by atoms with Gasteiger partial charge in [-0.1, -0.05) is 35.9 Å². The summed E-state index contributed by atoms with van der Waals surface area (Å²) < 4.78 is 10.9. The lowest BCUT2D eigenvalue weighted by Gasteiger charge is -2.10. The highest BCUT2D eigenvalue weighted by atomic mass is 35.5. The van der Waals surface area contributed by atoms with Gasteiger partial charge >= 0.3 is 0 Å². The van der Waals surface area contributed by atoms with Crippen molar-refractivity contribution in [2.45, 2.75) is 6.92 Å². The number of carbonyl (C=O) groups is 1. The standard InChI is InChI=1S/C17H18ClNO3/c1-13-7-8-15(18)16(11-13)22-12-17(20)19-9-10-21-14-5-3-2-4-6-14/h2-8,11H,9-10,12H2,1H3,(H,19,20). The number of aryl methyl sites for hydroxylation is 1. The van der Waals surface area contributed by atoms with Crippen LogP contribution >= 0.6 is 11.6 Å². The number of amides is 1. The molecule has 0 unspecified atom stereocenters. The Hall–Kier alpha value is -2.20. The van der Waals surface area contributed by atoms with Gasteiger partial charge < -0.3 is 14.8 Å². The van der Waals surface area contributed by atoms with Crippen LogP contribution in [0.1, 0.15) is 5.56 Å². The molecular formula is C17H18ClNO3. The molecule has 2 aromatic rings. The Morgan fingerprint density at radius 1 is 1.14 bits per heavy atom. The van der Waals surface area contributed by atoms with Crippen LogP contribution in [-0.4, -0.2) is 25.7 Å². The van der Waals surface area contributed by atoms with Gasteiger partial charge in [-0.05, 0) is 36.8 Å². The van der Waals surface area contributed by atoms with E-state index in [-0.39, 0.29) is 12.5 Å². The van der Waals surface area contributed by atoms with Gasteiger partial charge in [-0.3, -0.25) is 4.79 Å². The number of ether oxygens (including phenoxy) is 2. The molecule has 0 aliphatic heterocycles. The zero-order valence-electron chi connectivity index (χ0n) is 12.3. The van der Waals surface area contributed by atoms with E-state index in [1.54, 1.807) is 12.1 Å². The summed E-state index contributed by atoms with van der Waals surface area (Å²) in [5, 5.41) is 3.22. The van der Waals surface area contributed by atoms with E-state index in [2.05, 4.69) is 5.32 Å². The minimum Gasteiger partial charge on any atom is -0.492 e. The first-order valence-electron chi connectivity index (χ1n) is 6.98. The summed E-state index contributed by atoms with van der Waals surface area (Å²) in [5.41, 5.74) is 1.02. The van der Waals surface area contributed by atoms with E-state index in [1.807, 2.05) is 43.3 Å². The second-order valence-corrected chi connectivity index (χ2v) is 5.14. The lowest BCUT2D eigenvalue weighted by atomic mass is 10.2. The van der Waals surface area contributed by atoms with E-state index in [0.29, 0.717) is 23.9 Å². The lowest BCUT2D eigenvalue weighted by Crippen LogP contribution is -2.32. The Kier molecular flexibility index (Phi) is 6.10.